The fourth-order valence-corrected chi connectivity index (χ4v) is 3.64. The van der Waals surface area contributed by atoms with Gasteiger partial charge in [-0.15, -0.1) is 23.1 Å². The van der Waals surface area contributed by atoms with Gasteiger partial charge in [-0.25, -0.2) is 4.39 Å². The maximum absolute atomic E-state index is 13.3. The van der Waals surface area contributed by atoms with Crippen LogP contribution in [0.4, 0.5) is 4.39 Å². The molecule has 2 rings (SSSR count). The zero-order valence-corrected chi connectivity index (χ0v) is 12.1. The van der Waals surface area contributed by atoms with Crippen molar-refractivity contribution in [2.75, 3.05) is 5.75 Å². The van der Waals surface area contributed by atoms with Crippen LogP contribution in [0.25, 0.3) is 0 Å². The van der Waals surface area contributed by atoms with Crippen molar-refractivity contribution in [3.8, 4) is 0 Å². The summed E-state index contributed by atoms with van der Waals surface area (Å²) in [6.07, 6.45) is 0. The summed E-state index contributed by atoms with van der Waals surface area (Å²) in [5.41, 5.74) is 0.399. The average Bonchev–Trinajstić information content (AvgIpc) is 2.67. The average molecular weight is 321 g/mol. The number of ketones is 1. The van der Waals surface area contributed by atoms with Crippen LogP contribution in [0, 0.1) is 5.82 Å². The number of hydrogen-bond acceptors (Lipinski definition) is 3. The van der Waals surface area contributed by atoms with Gasteiger partial charge in [0.1, 0.15) is 10.2 Å². The Balaban J connectivity index is 2.05. The van der Waals surface area contributed by atoms with E-state index >= 15 is 0 Å². The highest BCUT2D eigenvalue weighted by Crippen LogP contribution is 2.32. The molecule has 0 spiro atoms. The lowest BCUT2D eigenvalue weighted by Crippen LogP contribution is -2.01. The third-order valence-electron chi connectivity index (χ3n) is 2.15. The zero-order valence-electron chi connectivity index (χ0n) is 8.95. The van der Waals surface area contributed by atoms with Crippen molar-refractivity contribution in [2.24, 2.45) is 0 Å². The molecule has 0 N–H and O–H groups in total. The standard InChI is InChI=1S/C12H7Cl2FOS2/c13-11-5-7(12(14)18-11)9(16)6-17-10-4-2-1-3-8(10)15/h1-5H,6H2. The van der Waals surface area contributed by atoms with Gasteiger partial charge in [-0.2, -0.15) is 0 Å². The minimum absolute atomic E-state index is 0.133. The van der Waals surface area contributed by atoms with E-state index in [9.17, 15) is 9.18 Å². The van der Waals surface area contributed by atoms with E-state index in [0.29, 0.717) is 19.1 Å². The van der Waals surface area contributed by atoms with E-state index in [1.54, 1.807) is 24.3 Å². The van der Waals surface area contributed by atoms with Gasteiger partial charge in [0.15, 0.2) is 5.78 Å². The van der Waals surface area contributed by atoms with Crippen molar-refractivity contribution in [2.45, 2.75) is 4.90 Å². The van der Waals surface area contributed by atoms with Crippen molar-refractivity contribution < 1.29 is 9.18 Å². The van der Waals surface area contributed by atoms with E-state index in [4.69, 9.17) is 23.2 Å². The molecule has 2 aromatic rings. The fraction of sp³-hybridized carbons (Fsp3) is 0.0833. The second-order valence-corrected chi connectivity index (χ2v) is 6.68. The van der Waals surface area contributed by atoms with Crippen molar-refractivity contribution in [1.82, 2.24) is 0 Å². The summed E-state index contributed by atoms with van der Waals surface area (Å²) >= 11 is 13.9. The Morgan fingerprint density at radius 3 is 2.67 bits per heavy atom. The van der Waals surface area contributed by atoms with E-state index in [0.717, 1.165) is 23.1 Å². The number of thiophene rings is 1. The first-order valence-corrected chi connectivity index (χ1v) is 7.49. The Hall–Kier alpha value is -0.550. The first kappa shape index (κ1) is 13.9. The maximum Gasteiger partial charge on any atom is 0.175 e. The summed E-state index contributed by atoms with van der Waals surface area (Å²) in [5, 5.41) is 0. The quantitative estimate of drug-likeness (QED) is 0.571. The van der Waals surface area contributed by atoms with Crippen molar-refractivity contribution in [1.29, 1.82) is 0 Å². The van der Waals surface area contributed by atoms with Crippen molar-refractivity contribution >= 4 is 52.1 Å². The molecule has 0 atom stereocenters. The molecule has 0 aliphatic carbocycles. The van der Waals surface area contributed by atoms with Crippen LogP contribution in [-0.4, -0.2) is 11.5 Å². The Morgan fingerprint density at radius 2 is 2.06 bits per heavy atom. The Labute approximate surface area is 122 Å². The van der Waals surface area contributed by atoms with Crippen molar-refractivity contribution in [3.05, 3.63) is 50.4 Å². The monoisotopic (exact) mass is 320 g/mol. The second-order valence-electron chi connectivity index (χ2n) is 3.38. The summed E-state index contributed by atoms with van der Waals surface area (Å²) < 4.78 is 14.2. The lowest BCUT2D eigenvalue weighted by molar-refractivity contribution is 0.102. The van der Waals surface area contributed by atoms with Gasteiger partial charge in [0.25, 0.3) is 0 Å². The van der Waals surface area contributed by atoms with Gasteiger partial charge >= 0.3 is 0 Å². The summed E-state index contributed by atoms with van der Waals surface area (Å²) in [5.74, 6) is -0.352. The van der Waals surface area contributed by atoms with Crippen LogP contribution in [0.3, 0.4) is 0 Å². The summed E-state index contributed by atoms with van der Waals surface area (Å²) in [7, 11) is 0. The number of benzene rings is 1. The molecule has 0 fully saturated rings. The number of hydrogen-bond donors (Lipinski definition) is 0. The van der Waals surface area contributed by atoms with Gasteiger partial charge in [0.2, 0.25) is 0 Å². The molecule has 0 bridgehead atoms. The molecule has 0 aliphatic rings. The molecule has 18 heavy (non-hydrogen) atoms. The normalized spacial score (nSPS) is 10.6. The highest BCUT2D eigenvalue weighted by Gasteiger charge is 2.15. The lowest BCUT2D eigenvalue weighted by Gasteiger charge is -2.01. The SMILES string of the molecule is O=C(CSc1ccccc1F)c1cc(Cl)sc1Cl. The largest absolute Gasteiger partial charge is 0.293 e. The van der Waals surface area contributed by atoms with Crippen LogP contribution in [-0.2, 0) is 0 Å². The third kappa shape index (κ3) is 3.26. The Bertz CT molecular complexity index is 583. The minimum Gasteiger partial charge on any atom is -0.293 e. The third-order valence-corrected chi connectivity index (χ3v) is 4.69. The molecule has 1 aromatic heterocycles. The molecule has 1 aromatic carbocycles. The van der Waals surface area contributed by atoms with Crippen LogP contribution < -0.4 is 0 Å². The fourth-order valence-electron chi connectivity index (χ4n) is 1.31. The summed E-state index contributed by atoms with van der Waals surface area (Å²) in [4.78, 5) is 12.3. The molecule has 1 nitrogen and oxygen atoms in total. The first-order valence-electron chi connectivity index (χ1n) is 4.93. The van der Waals surface area contributed by atoms with Gasteiger partial charge in [-0.1, -0.05) is 35.3 Å². The van der Waals surface area contributed by atoms with Crippen LogP contribution in [0.15, 0.2) is 35.2 Å². The van der Waals surface area contributed by atoms with Crippen LogP contribution in [0.2, 0.25) is 8.67 Å². The highest BCUT2D eigenvalue weighted by molar-refractivity contribution is 8.00. The van der Waals surface area contributed by atoms with E-state index in [-0.39, 0.29) is 17.4 Å². The number of rotatable bonds is 4. The van der Waals surface area contributed by atoms with Gasteiger partial charge in [0, 0.05) is 10.5 Å². The van der Waals surface area contributed by atoms with E-state index in [2.05, 4.69) is 0 Å². The Kier molecular flexibility index (Phi) is 4.67. The second kappa shape index (κ2) is 6.06. The Morgan fingerprint density at radius 1 is 1.33 bits per heavy atom. The zero-order chi connectivity index (χ0) is 13.1. The number of thioether (sulfide) groups is 1. The van der Waals surface area contributed by atoms with Crippen LogP contribution >= 0.6 is 46.3 Å². The molecule has 6 heteroatoms. The van der Waals surface area contributed by atoms with Gasteiger partial charge in [-0.05, 0) is 18.2 Å². The molecule has 94 valence electrons. The summed E-state index contributed by atoms with van der Waals surface area (Å²) in [6, 6.07) is 7.87. The number of halogens is 3. The lowest BCUT2D eigenvalue weighted by atomic mass is 10.2. The minimum atomic E-state index is -0.329. The smallest absolute Gasteiger partial charge is 0.175 e. The maximum atomic E-state index is 13.3. The van der Waals surface area contributed by atoms with Crippen molar-refractivity contribution in [3.63, 3.8) is 0 Å². The topological polar surface area (TPSA) is 17.1 Å². The molecular formula is C12H7Cl2FOS2. The molecule has 0 saturated carbocycles. The number of carbonyl (C=O) groups is 1. The van der Waals surface area contributed by atoms with Gasteiger partial charge in [-0.3, -0.25) is 4.79 Å². The molecule has 1 heterocycles. The molecule has 0 radical (unpaired) electrons. The molecular weight excluding hydrogens is 314 g/mol. The number of Topliss-reactive ketones (excluding diaryl/α,β-unsaturated/α-hetero) is 1. The number of carbonyl (C=O) groups excluding carboxylic acids is 1. The van der Waals surface area contributed by atoms with Crippen LogP contribution in [0.5, 0.6) is 0 Å². The van der Waals surface area contributed by atoms with E-state index in [1.165, 1.54) is 6.07 Å². The molecule has 0 saturated heterocycles. The van der Waals surface area contributed by atoms with Gasteiger partial charge in [0.05, 0.1) is 10.1 Å². The summed E-state index contributed by atoms with van der Waals surface area (Å²) in [6.45, 7) is 0. The van der Waals surface area contributed by atoms with Gasteiger partial charge < -0.3 is 0 Å². The molecule has 0 amide bonds. The van der Waals surface area contributed by atoms with E-state index in [1.807, 2.05) is 0 Å². The van der Waals surface area contributed by atoms with Crippen LogP contribution in [0.1, 0.15) is 10.4 Å². The first-order chi connectivity index (χ1) is 8.58. The molecule has 0 aliphatic heterocycles. The van der Waals surface area contributed by atoms with E-state index < -0.39 is 0 Å². The predicted molar refractivity (Wildman–Crippen MR) is 75.8 cm³/mol. The molecule has 0 unspecified atom stereocenters. The highest BCUT2D eigenvalue weighted by atomic mass is 35.5. The predicted octanol–water partition coefficient (Wildman–Crippen LogP) is 5.17.